The van der Waals surface area contributed by atoms with Gasteiger partial charge in [0.15, 0.2) is 0 Å². The van der Waals surface area contributed by atoms with Crippen LogP contribution in [0.4, 0.5) is 8.78 Å². The summed E-state index contributed by atoms with van der Waals surface area (Å²) in [7, 11) is 4.34. The van der Waals surface area contributed by atoms with Crippen molar-refractivity contribution in [1.82, 2.24) is 0 Å². The fourth-order valence-electron chi connectivity index (χ4n) is 4.14. The highest BCUT2D eigenvalue weighted by atomic mass is 31.1. The molecule has 2 aromatic rings. The van der Waals surface area contributed by atoms with Gasteiger partial charge in [-0.25, -0.2) is 8.78 Å². The first kappa shape index (κ1) is 21.4. The van der Waals surface area contributed by atoms with Gasteiger partial charge in [-0.15, -0.1) is 9.24 Å². The molecule has 0 amide bonds. The van der Waals surface area contributed by atoms with Crippen LogP contribution in [0.1, 0.15) is 56.4 Å². The van der Waals surface area contributed by atoms with E-state index in [9.17, 15) is 8.78 Å². The van der Waals surface area contributed by atoms with E-state index in [0.717, 1.165) is 17.5 Å². The first-order valence-corrected chi connectivity index (χ1v) is 11.0. The molecule has 3 rings (SSSR count). The van der Waals surface area contributed by atoms with E-state index < -0.39 is 5.16 Å². The lowest BCUT2D eigenvalue weighted by Gasteiger charge is -2.39. The first-order valence-electron chi connectivity index (χ1n) is 9.55. The lowest BCUT2D eigenvalue weighted by Crippen LogP contribution is -2.31. The highest BCUT2D eigenvalue weighted by molar-refractivity contribution is 7.44. The number of hydrogen-bond donors (Lipinski definition) is 0. The van der Waals surface area contributed by atoms with E-state index in [-0.39, 0.29) is 16.8 Å². The van der Waals surface area contributed by atoms with E-state index in [1.54, 1.807) is 26.0 Å². The molecule has 148 valence electrons. The average Bonchev–Trinajstić information content (AvgIpc) is 2.82. The number of rotatable bonds is 4. The predicted octanol–water partition coefficient (Wildman–Crippen LogP) is 7.34. The van der Waals surface area contributed by atoms with E-state index >= 15 is 0 Å². The fraction of sp³-hybridized carbons (Fsp3) is 0.375. The maximum atomic E-state index is 14.0. The molecule has 0 spiro atoms. The molecule has 0 nitrogen and oxygen atoms in total. The molecular weight excluding hydrogens is 388 g/mol. The van der Waals surface area contributed by atoms with Crippen molar-refractivity contribution >= 4 is 22.7 Å². The molecular formula is C24H28F2P2. The number of aryl methyl sites for hydroxylation is 2. The van der Waals surface area contributed by atoms with Crippen molar-refractivity contribution in [3.05, 3.63) is 81.4 Å². The second-order valence-electron chi connectivity index (χ2n) is 8.30. The second-order valence-corrected chi connectivity index (χ2v) is 11.2. The Morgan fingerprint density at radius 1 is 0.893 bits per heavy atom. The molecule has 2 atom stereocenters. The van der Waals surface area contributed by atoms with Crippen molar-refractivity contribution in [3.8, 4) is 0 Å². The van der Waals surface area contributed by atoms with Crippen LogP contribution in [0.25, 0.3) is 0 Å². The van der Waals surface area contributed by atoms with Gasteiger partial charge in [-0.2, -0.15) is 0 Å². The molecule has 0 N–H and O–H groups in total. The molecule has 28 heavy (non-hydrogen) atoms. The molecule has 4 heteroatoms. The smallest absolute Gasteiger partial charge is 0.126 e. The van der Waals surface area contributed by atoms with Crippen molar-refractivity contribution in [3.63, 3.8) is 0 Å². The number of allylic oxidation sites excluding steroid dienone is 2. The van der Waals surface area contributed by atoms with Gasteiger partial charge in [0, 0.05) is 10.3 Å². The van der Waals surface area contributed by atoms with Gasteiger partial charge in [-0.05, 0) is 93.2 Å². The third-order valence-electron chi connectivity index (χ3n) is 6.30. The summed E-state index contributed by atoms with van der Waals surface area (Å²) in [5.74, 6) is -0.402. The van der Waals surface area contributed by atoms with Crippen LogP contribution >= 0.6 is 17.4 Å². The van der Waals surface area contributed by atoms with E-state index in [4.69, 9.17) is 0 Å². The second kappa shape index (κ2) is 7.47. The molecule has 2 unspecified atom stereocenters. The zero-order valence-electron chi connectivity index (χ0n) is 17.5. The zero-order chi connectivity index (χ0) is 20.9. The molecule has 0 fully saturated rings. The van der Waals surface area contributed by atoms with Crippen LogP contribution in [-0.2, 0) is 5.16 Å². The van der Waals surface area contributed by atoms with Crippen LogP contribution in [0.2, 0.25) is 0 Å². The molecule has 0 saturated heterocycles. The minimum absolute atomic E-state index is 0.0273. The summed E-state index contributed by atoms with van der Waals surface area (Å²) in [6.45, 7) is 12.5. The minimum Gasteiger partial charge on any atom is -0.207 e. The van der Waals surface area contributed by atoms with Crippen molar-refractivity contribution in [2.75, 3.05) is 0 Å². The van der Waals surface area contributed by atoms with Gasteiger partial charge < -0.3 is 0 Å². The van der Waals surface area contributed by atoms with E-state index in [1.807, 2.05) is 24.3 Å². The molecule has 0 bridgehead atoms. The Balaban J connectivity index is 2.20. The van der Waals surface area contributed by atoms with E-state index in [2.05, 4.69) is 36.9 Å². The quantitative estimate of drug-likeness (QED) is 0.458. The van der Waals surface area contributed by atoms with Gasteiger partial charge in [-0.1, -0.05) is 38.0 Å². The molecule has 1 aliphatic rings. The summed E-state index contributed by atoms with van der Waals surface area (Å²) in [6.07, 6.45) is 0.836. The van der Waals surface area contributed by atoms with Crippen LogP contribution in [0.15, 0.2) is 47.5 Å². The lowest BCUT2D eigenvalue weighted by molar-refractivity contribution is 0.560. The summed E-state index contributed by atoms with van der Waals surface area (Å²) in [5, 5.41) is 0.934. The van der Waals surface area contributed by atoms with Crippen molar-refractivity contribution in [1.29, 1.82) is 0 Å². The van der Waals surface area contributed by atoms with Crippen molar-refractivity contribution < 1.29 is 8.78 Å². The molecule has 0 saturated carbocycles. The Kier molecular flexibility index (Phi) is 5.70. The predicted molar refractivity (Wildman–Crippen MR) is 122 cm³/mol. The van der Waals surface area contributed by atoms with Crippen LogP contribution in [0.3, 0.4) is 0 Å². The molecule has 2 aromatic carbocycles. The standard InChI is InChI=1S/C24H28F2P2/c1-14-11-19(7-9-21(14)25)24(27,20-8-10-22(26)15(2)12-20)13-23(6)17(4)16(3)18(5)28-23/h7-12H,13,27H2,1-6H3. The maximum Gasteiger partial charge on any atom is 0.126 e. The van der Waals surface area contributed by atoms with Crippen LogP contribution in [0.5, 0.6) is 0 Å². The minimum atomic E-state index is -0.440. The van der Waals surface area contributed by atoms with Gasteiger partial charge >= 0.3 is 0 Å². The largest absolute Gasteiger partial charge is 0.207 e. The SMILES string of the molecule is CC1=PC(C)(CC(P)(c2ccc(F)c(C)c2)c2ccc(F)c(C)c2)C(C)=C1C. The molecule has 0 radical (unpaired) electrons. The Hall–Kier alpha value is -1.36. The summed E-state index contributed by atoms with van der Waals surface area (Å²) >= 11 is 0. The summed E-state index contributed by atoms with van der Waals surface area (Å²) in [6, 6.07) is 10.7. The van der Waals surface area contributed by atoms with Gasteiger partial charge in [0.1, 0.15) is 11.6 Å². The van der Waals surface area contributed by atoms with Gasteiger partial charge in [0.05, 0.1) is 0 Å². The third kappa shape index (κ3) is 3.62. The van der Waals surface area contributed by atoms with Gasteiger partial charge in [0.25, 0.3) is 0 Å². The Morgan fingerprint density at radius 2 is 1.36 bits per heavy atom. The third-order valence-corrected chi connectivity index (χ3v) is 8.83. The van der Waals surface area contributed by atoms with Crippen molar-refractivity contribution in [2.45, 2.75) is 58.3 Å². The van der Waals surface area contributed by atoms with Gasteiger partial charge in [-0.3, -0.25) is 0 Å². The Morgan fingerprint density at radius 3 is 1.71 bits per heavy atom. The molecule has 1 aliphatic heterocycles. The zero-order valence-corrected chi connectivity index (χ0v) is 19.5. The first-order chi connectivity index (χ1) is 13.0. The van der Waals surface area contributed by atoms with Crippen LogP contribution in [0, 0.1) is 25.5 Å². The number of halogens is 2. The summed E-state index contributed by atoms with van der Waals surface area (Å²) in [4.78, 5) is 0. The van der Waals surface area contributed by atoms with Crippen molar-refractivity contribution in [2.24, 2.45) is 0 Å². The fourth-order valence-corrected chi connectivity index (χ4v) is 6.82. The number of hydrogen-bond acceptors (Lipinski definition) is 0. The number of benzene rings is 2. The highest BCUT2D eigenvalue weighted by Gasteiger charge is 2.41. The van der Waals surface area contributed by atoms with E-state index in [0.29, 0.717) is 11.1 Å². The summed E-state index contributed by atoms with van der Waals surface area (Å²) < 4.78 is 28.0. The topological polar surface area (TPSA) is 0 Å². The van der Waals surface area contributed by atoms with Crippen LogP contribution < -0.4 is 0 Å². The molecule has 0 aromatic heterocycles. The van der Waals surface area contributed by atoms with E-state index in [1.165, 1.54) is 24.6 Å². The molecule has 0 aliphatic carbocycles. The maximum absolute atomic E-state index is 14.0. The monoisotopic (exact) mass is 416 g/mol. The Bertz CT molecular complexity index is 952. The average molecular weight is 416 g/mol. The normalized spacial score (nSPS) is 20.5. The lowest BCUT2D eigenvalue weighted by atomic mass is 9.79. The Labute approximate surface area is 171 Å². The van der Waals surface area contributed by atoms with Gasteiger partial charge in [0.2, 0.25) is 0 Å². The molecule has 1 heterocycles. The summed E-state index contributed by atoms with van der Waals surface area (Å²) in [5.41, 5.74) is 6.10. The van der Waals surface area contributed by atoms with Crippen LogP contribution in [-0.4, -0.2) is 10.4 Å². The highest BCUT2D eigenvalue weighted by Crippen LogP contribution is 2.54.